The number of hydrogen-bond donors (Lipinski definition) is 1. The smallest absolute Gasteiger partial charge is 0.128 e. The molecule has 102 valence electrons. The Kier molecular flexibility index (Phi) is 6.82. The molecule has 0 spiro atoms. The van der Waals surface area contributed by atoms with Crippen LogP contribution in [0, 0.1) is 5.82 Å². The molecule has 0 aliphatic rings. The second-order valence-corrected chi connectivity index (χ2v) is 5.76. The zero-order valence-electron chi connectivity index (χ0n) is 11.3. The normalized spacial score (nSPS) is 11.5. The molecule has 0 aliphatic heterocycles. The number of rotatable bonds is 7. The van der Waals surface area contributed by atoms with E-state index in [4.69, 9.17) is 0 Å². The van der Waals surface area contributed by atoms with Crippen molar-refractivity contribution in [3.63, 3.8) is 0 Å². The van der Waals surface area contributed by atoms with Crippen molar-refractivity contribution in [2.75, 3.05) is 20.1 Å². The first kappa shape index (κ1) is 15.6. The van der Waals surface area contributed by atoms with E-state index in [0.29, 0.717) is 12.6 Å². The molecule has 1 aromatic carbocycles. The molecule has 0 unspecified atom stereocenters. The van der Waals surface area contributed by atoms with Crippen LogP contribution in [-0.4, -0.2) is 31.1 Å². The number of nitrogens with one attached hydrogen (secondary N) is 1. The maximum Gasteiger partial charge on any atom is 0.128 e. The highest BCUT2D eigenvalue weighted by Crippen LogP contribution is 2.14. The van der Waals surface area contributed by atoms with Crippen LogP contribution in [0.5, 0.6) is 0 Å². The maximum absolute atomic E-state index is 13.5. The molecule has 0 aromatic heterocycles. The van der Waals surface area contributed by atoms with Gasteiger partial charge in [0.1, 0.15) is 5.82 Å². The van der Waals surface area contributed by atoms with E-state index in [1.54, 1.807) is 0 Å². The molecule has 2 nitrogen and oxygen atoms in total. The monoisotopic (exact) mass is 316 g/mol. The third kappa shape index (κ3) is 5.46. The molecule has 18 heavy (non-hydrogen) atoms. The minimum atomic E-state index is -0.156. The van der Waals surface area contributed by atoms with Gasteiger partial charge < -0.3 is 10.2 Å². The van der Waals surface area contributed by atoms with Gasteiger partial charge in [-0.2, -0.15) is 0 Å². The Bertz CT molecular complexity index is 369. The highest BCUT2D eigenvalue weighted by Gasteiger charge is 2.03. The van der Waals surface area contributed by atoms with Crippen molar-refractivity contribution in [1.29, 1.82) is 0 Å². The highest BCUT2D eigenvalue weighted by atomic mass is 79.9. The highest BCUT2D eigenvalue weighted by molar-refractivity contribution is 9.10. The molecule has 0 saturated heterocycles. The van der Waals surface area contributed by atoms with E-state index in [1.807, 2.05) is 12.1 Å². The summed E-state index contributed by atoms with van der Waals surface area (Å²) >= 11 is 3.25. The minimum Gasteiger partial charge on any atom is -0.313 e. The topological polar surface area (TPSA) is 15.3 Å². The molecule has 0 heterocycles. The Labute approximate surface area is 118 Å². The molecule has 0 aliphatic carbocycles. The lowest BCUT2D eigenvalue weighted by atomic mass is 10.2. The molecule has 0 bridgehead atoms. The summed E-state index contributed by atoms with van der Waals surface area (Å²) in [6.07, 6.45) is 1.08. The Morgan fingerprint density at radius 3 is 2.72 bits per heavy atom. The van der Waals surface area contributed by atoms with Crippen LogP contribution in [0.15, 0.2) is 22.7 Å². The average molecular weight is 317 g/mol. The van der Waals surface area contributed by atoms with Crippen LogP contribution in [0.2, 0.25) is 0 Å². The predicted octanol–water partition coefficient (Wildman–Crippen LogP) is 3.41. The van der Waals surface area contributed by atoms with Crippen molar-refractivity contribution in [2.24, 2.45) is 0 Å². The van der Waals surface area contributed by atoms with E-state index in [2.05, 4.69) is 47.0 Å². The molecule has 0 saturated carbocycles. The van der Waals surface area contributed by atoms with Crippen LogP contribution in [0.1, 0.15) is 25.8 Å². The van der Waals surface area contributed by atoms with Gasteiger partial charge in [0.15, 0.2) is 0 Å². The van der Waals surface area contributed by atoms with Gasteiger partial charge in [0.2, 0.25) is 0 Å². The molecule has 4 heteroatoms. The molecule has 1 rings (SSSR count). The van der Waals surface area contributed by atoms with Crippen molar-refractivity contribution in [1.82, 2.24) is 10.2 Å². The van der Waals surface area contributed by atoms with Crippen LogP contribution in [-0.2, 0) is 6.54 Å². The average Bonchev–Trinajstić information content (AvgIpc) is 2.30. The summed E-state index contributed by atoms with van der Waals surface area (Å²) in [6, 6.07) is 5.76. The number of halogens is 2. The standard InChI is InChI=1S/C14H22BrFN2/c1-11(2)18(3)8-4-7-17-10-12-5-6-13(15)9-14(12)16/h5-6,9,11,17H,4,7-8,10H2,1-3H3. The van der Waals surface area contributed by atoms with Gasteiger partial charge in [0.25, 0.3) is 0 Å². The minimum absolute atomic E-state index is 0.156. The Hall–Kier alpha value is -0.450. The molecule has 0 radical (unpaired) electrons. The summed E-state index contributed by atoms with van der Waals surface area (Å²) in [5.41, 5.74) is 0.718. The Balaban J connectivity index is 2.22. The van der Waals surface area contributed by atoms with Gasteiger partial charge in [-0.25, -0.2) is 4.39 Å². The largest absolute Gasteiger partial charge is 0.313 e. The van der Waals surface area contributed by atoms with Gasteiger partial charge in [-0.05, 0) is 52.5 Å². The van der Waals surface area contributed by atoms with E-state index in [1.165, 1.54) is 6.07 Å². The summed E-state index contributed by atoms with van der Waals surface area (Å²) in [5.74, 6) is -0.156. The van der Waals surface area contributed by atoms with Gasteiger partial charge in [-0.3, -0.25) is 0 Å². The van der Waals surface area contributed by atoms with Crippen molar-refractivity contribution < 1.29 is 4.39 Å². The molecule has 1 aromatic rings. The lowest BCUT2D eigenvalue weighted by Crippen LogP contribution is -2.29. The third-order valence-electron chi connectivity index (χ3n) is 3.08. The molecular formula is C14H22BrFN2. The summed E-state index contributed by atoms with van der Waals surface area (Å²) in [6.45, 7) is 6.93. The van der Waals surface area contributed by atoms with Gasteiger partial charge in [-0.15, -0.1) is 0 Å². The summed E-state index contributed by atoms with van der Waals surface area (Å²) in [7, 11) is 2.12. The molecule has 0 fully saturated rings. The maximum atomic E-state index is 13.5. The first-order valence-electron chi connectivity index (χ1n) is 6.35. The summed E-state index contributed by atoms with van der Waals surface area (Å²) in [4.78, 5) is 2.31. The molecular weight excluding hydrogens is 295 g/mol. The predicted molar refractivity (Wildman–Crippen MR) is 78.2 cm³/mol. The zero-order valence-corrected chi connectivity index (χ0v) is 12.9. The van der Waals surface area contributed by atoms with Gasteiger partial charge >= 0.3 is 0 Å². The fraction of sp³-hybridized carbons (Fsp3) is 0.571. The van der Waals surface area contributed by atoms with Crippen LogP contribution in [0.3, 0.4) is 0 Å². The van der Waals surface area contributed by atoms with Crippen LogP contribution in [0.25, 0.3) is 0 Å². The fourth-order valence-electron chi connectivity index (χ4n) is 1.60. The van der Waals surface area contributed by atoms with E-state index < -0.39 is 0 Å². The lowest BCUT2D eigenvalue weighted by molar-refractivity contribution is 0.269. The lowest BCUT2D eigenvalue weighted by Gasteiger charge is -2.20. The number of nitrogens with zero attached hydrogens (tertiary/aromatic N) is 1. The van der Waals surface area contributed by atoms with E-state index in [0.717, 1.165) is 29.5 Å². The second-order valence-electron chi connectivity index (χ2n) is 4.84. The van der Waals surface area contributed by atoms with Gasteiger partial charge in [0, 0.05) is 22.6 Å². The van der Waals surface area contributed by atoms with E-state index >= 15 is 0 Å². The van der Waals surface area contributed by atoms with Crippen molar-refractivity contribution in [2.45, 2.75) is 32.9 Å². The third-order valence-corrected chi connectivity index (χ3v) is 3.57. The van der Waals surface area contributed by atoms with Crippen LogP contribution >= 0.6 is 15.9 Å². The second kappa shape index (κ2) is 7.87. The first-order valence-corrected chi connectivity index (χ1v) is 7.15. The first-order chi connectivity index (χ1) is 8.50. The fourth-order valence-corrected chi connectivity index (χ4v) is 1.93. The SMILES string of the molecule is CC(C)N(C)CCCNCc1ccc(Br)cc1F. The van der Waals surface area contributed by atoms with Gasteiger partial charge in [-0.1, -0.05) is 22.0 Å². The van der Waals surface area contributed by atoms with Crippen molar-refractivity contribution in [3.05, 3.63) is 34.1 Å². The summed E-state index contributed by atoms with van der Waals surface area (Å²) in [5, 5.41) is 3.27. The van der Waals surface area contributed by atoms with E-state index in [-0.39, 0.29) is 5.82 Å². The molecule has 0 amide bonds. The Morgan fingerprint density at radius 1 is 1.39 bits per heavy atom. The zero-order chi connectivity index (χ0) is 13.5. The summed E-state index contributed by atoms with van der Waals surface area (Å²) < 4.78 is 14.3. The molecule has 0 atom stereocenters. The molecule has 1 N–H and O–H groups in total. The van der Waals surface area contributed by atoms with Crippen LogP contribution in [0.4, 0.5) is 4.39 Å². The van der Waals surface area contributed by atoms with Crippen LogP contribution < -0.4 is 5.32 Å². The number of benzene rings is 1. The quantitative estimate of drug-likeness (QED) is 0.775. The van der Waals surface area contributed by atoms with Crippen molar-refractivity contribution in [3.8, 4) is 0 Å². The van der Waals surface area contributed by atoms with E-state index in [9.17, 15) is 4.39 Å². The van der Waals surface area contributed by atoms with Crippen molar-refractivity contribution >= 4 is 15.9 Å². The Morgan fingerprint density at radius 2 is 2.11 bits per heavy atom. The number of hydrogen-bond acceptors (Lipinski definition) is 2. The van der Waals surface area contributed by atoms with Gasteiger partial charge in [0.05, 0.1) is 0 Å².